The summed E-state index contributed by atoms with van der Waals surface area (Å²) in [5.74, 6) is 0. The molecule has 5 nitrogen and oxygen atoms in total. The molecule has 0 fully saturated rings. The van der Waals surface area contributed by atoms with Crippen molar-refractivity contribution in [2.45, 2.75) is 26.4 Å². The minimum Gasteiger partial charge on any atom is -0.336 e. The lowest BCUT2D eigenvalue weighted by molar-refractivity contribution is 0.238. The maximum atomic E-state index is 11.1. The monoisotopic (exact) mass is 215 g/mol. The topological polar surface area (TPSA) is 74.0 Å². The standard InChI is InChI=1S/C8H13N3O2S/c1-5(2)10-7(12)9-3-6-4-14-8(13)11-6/h4-5H,3H2,1-2H3,(H,11,13)(H2,9,10,12). The molecule has 3 N–H and O–H groups in total. The molecule has 0 aliphatic carbocycles. The molecule has 0 spiro atoms. The Morgan fingerprint density at radius 1 is 1.64 bits per heavy atom. The van der Waals surface area contributed by atoms with E-state index >= 15 is 0 Å². The molecule has 0 aromatic carbocycles. The van der Waals surface area contributed by atoms with Gasteiger partial charge in [0, 0.05) is 17.1 Å². The van der Waals surface area contributed by atoms with E-state index in [0.717, 1.165) is 17.0 Å². The zero-order valence-corrected chi connectivity index (χ0v) is 8.90. The van der Waals surface area contributed by atoms with Gasteiger partial charge in [-0.3, -0.25) is 4.79 Å². The van der Waals surface area contributed by atoms with Crippen LogP contribution in [0.25, 0.3) is 0 Å². The molecule has 0 atom stereocenters. The van der Waals surface area contributed by atoms with Crippen LogP contribution in [-0.2, 0) is 6.54 Å². The van der Waals surface area contributed by atoms with Gasteiger partial charge in [-0.1, -0.05) is 11.3 Å². The zero-order valence-electron chi connectivity index (χ0n) is 8.09. The number of H-pyrrole nitrogens is 1. The molecule has 2 amide bonds. The van der Waals surface area contributed by atoms with Gasteiger partial charge in [-0.25, -0.2) is 4.79 Å². The minimum atomic E-state index is -0.230. The molecule has 0 bridgehead atoms. The molecule has 0 aliphatic rings. The highest BCUT2D eigenvalue weighted by atomic mass is 32.1. The number of amides is 2. The number of aromatic nitrogens is 1. The van der Waals surface area contributed by atoms with Crippen molar-refractivity contribution < 1.29 is 4.79 Å². The van der Waals surface area contributed by atoms with Gasteiger partial charge >= 0.3 is 10.9 Å². The first-order valence-electron chi connectivity index (χ1n) is 4.29. The first-order chi connectivity index (χ1) is 6.58. The Balaban J connectivity index is 2.34. The highest BCUT2D eigenvalue weighted by molar-refractivity contribution is 7.07. The number of carbonyl (C=O) groups excluding carboxylic acids is 1. The van der Waals surface area contributed by atoms with Crippen molar-refractivity contribution in [2.24, 2.45) is 0 Å². The van der Waals surface area contributed by atoms with Crippen molar-refractivity contribution in [1.29, 1.82) is 0 Å². The fourth-order valence-corrected chi connectivity index (χ4v) is 1.47. The number of rotatable bonds is 3. The van der Waals surface area contributed by atoms with Crippen molar-refractivity contribution >= 4 is 17.4 Å². The van der Waals surface area contributed by atoms with Crippen molar-refractivity contribution in [3.63, 3.8) is 0 Å². The number of hydrogen-bond donors (Lipinski definition) is 3. The first kappa shape index (κ1) is 10.8. The van der Waals surface area contributed by atoms with Gasteiger partial charge in [0.05, 0.1) is 6.54 Å². The minimum absolute atomic E-state index is 0.105. The van der Waals surface area contributed by atoms with Crippen molar-refractivity contribution in [1.82, 2.24) is 15.6 Å². The van der Waals surface area contributed by atoms with Gasteiger partial charge in [0.1, 0.15) is 0 Å². The van der Waals surface area contributed by atoms with E-state index in [1.165, 1.54) is 0 Å². The van der Waals surface area contributed by atoms with Crippen LogP contribution in [0.1, 0.15) is 19.5 Å². The number of nitrogens with one attached hydrogen (secondary N) is 3. The van der Waals surface area contributed by atoms with Crippen LogP contribution in [0.4, 0.5) is 4.79 Å². The molecule has 14 heavy (non-hydrogen) atoms. The van der Waals surface area contributed by atoms with Crippen molar-refractivity contribution in [3.05, 3.63) is 20.7 Å². The number of carbonyl (C=O) groups is 1. The van der Waals surface area contributed by atoms with Crippen LogP contribution in [0, 0.1) is 0 Å². The highest BCUT2D eigenvalue weighted by Crippen LogP contribution is 1.94. The van der Waals surface area contributed by atoms with Gasteiger partial charge in [-0.05, 0) is 13.8 Å². The first-order valence-corrected chi connectivity index (χ1v) is 5.17. The summed E-state index contributed by atoms with van der Waals surface area (Å²) in [5.41, 5.74) is 0.721. The average Bonchev–Trinajstić information content (AvgIpc) is 2.47. The Hall–Kier alpha value is -1.30. The summed E-state index contributed by atoms with van der Waals surface area (Å²) in [7, 11) is 0. The third-order valence-electron chi connectivity index (χ3n) is 1.43. The van der Waals surface area contributed by atoms with E-state index in [2.05, 4.69) is 15.6 Å². The lowest BCUT2D eigenvalue weighted by Crippen LogP contribution is -2.39. The number of aromatic amines is 1. The molecule has 0 radical (unpaired) electrons. The Labute approximate surface area is 85.5 Å². The number of hydrogen-bond acceptors (Lipinski definition) is 3. The SMILES string of the molecule is CC(C)NC(=O)NCc1csc(=O)[nH]1. The van der Waals surface area contributed by atoms with Crippen LogP contribution >= 0.6 is 11.3 Å². The molecule has 0 unspecified atom stereocenters. The summed E-state index contributed by atoms with van der Waals surface area (Å²) in [4.78, 5) is 24.4. The molecule has 0 saturated heterocycles. The molecule has 0 saturated carbocycles. The van der Waals surface area contributed by atoms with Gasteiger partial charge in [0.25, 0.3) is 0 Å². The second-order valence-electron chi connectivity index (χ2n) is 3.16. The van der Waals surface area contributed by atoms with Gasteiger partial charge in [0.2, 0.25) is 0 Å². The summed E-state index contributed by atoms with van der Waals surface area (Å²) >= 11 is 1.09. The van der Waals surface area contributed by atoms with Crippen molar-refractivity contribution in [2.75, 3.05) is 0 Å². The fraction of sp³-hybridized carbons (Fsp3) is 0.500. The highest BCUT2D eigenvalue weighted by Gasteiger charge is 2.02. The predicted octanol–water partition coefficient (Wildman–Crippen LogP) is 0.644. The maximum absolute atomic E-state index is 11.1. The quantitative estimate of drug-likeness (QED) is 0.692. The Bertz CT molecular complexity index is 355. The fourth-order valence-electron chi connectivity index (χ4n) is 0.889. The molecular formula is C8H13N3O2S. The molecule has 1 aromatic heterocycles. The second kappa shape index (κ2) is 4.80. The van der Waals surface area contributed by atoms with Crippen LogP contribution in [0.15, 0.2) is 10.2 Å². The summed E-state index contributed by atoms with van der Waals surface area (Å²) in [6.07, 6.45) is 0. The molecule has 78 valence electrons. The number of urea groups is 1. The average molecular weight is 215 g/mol. The lowest BCUT2D eigenvalue weighted by atomic mass is 10.4. The molecule has 1 rings (SSSR count). The summed E-state index contributed by atoms with van der Waals surface area (Å²) in [6, 6.07) is -0.122. The third-order valence-corrected chi connectivity index (χ3v) is 2.15. The molecule has 6 heteroatoms. The normalized spacial score (nSPS) is 10.2. The van der Waals surface area contributed by atoms with E-state index < -0.39 is 0 Å². The summed E-state index contributed by atoms with van der Waals surface area (Å²) in [6.45, 7) is 4.11. The maximum Gasteiger partial charge on any atom is 0.315 e. The van der Waals surface area contributed by atoms with E-state index in [9.17, 15) is 9.59 Å². The second-order valence-corrected chi connectivity index (χ2v) is 4.00. The van der Waals surface area contributed by atoms with E-state index in [0.29, 0.717) is 6.54 Å². The smallest absolute Gasteiger partial charge is 0.315 e. The molecule has 0 aliphatic heterocycles. The van der Waals surface area contributed by atoms with Crippen LogP contribution in [0.5, 0.6) is 0 Å². The van der Waals surface area contributed by atoms with E-state index in [1.54, 1.807) is 5.38 Å². The van der Waals surface area contributed by atoms with E-state index in [4.69, 9.17) is 0 Å². The van der Waals surface area contributed by atoms with Gasteiger partial charge in [0.15, 0.2) is 0 Å². The Morgan fingerprint density at radius 3 is 2.86 bits per heavy atom. The van der Waals surface area contributed by atoms with Crippen LogP contribution in [-0.4, -0.2) is 17.1 Å². The summed E-state index contributed by atoms with van der Waals surface area (Å²) < 4.78 is 0. The predicted molar refractivity (Wildman–Crippen MR) is 55.4 cm³/mol. The van der Waals surface area contributed by atoms with Crippen LogP contribution < -0.4 is 15.5 Å². The van der Waals surface area contributed by atoms with Gasteiger partial charge in [-0.2, -0.15) is 0 Å². The van der Waals surface area contributed by atoms with Crippen LogP contribution in [0.3, 0.4) is 0 Å². The number of thiazole rings is 1. The zero-order chi connectivity index (χ0) is 10.6. The van der Waals surface area contributed by atoms with Gasteiger partial charge < -0.3 is 15.6 Å². The van der Waals surface area contributed by atoms with Gasteiger partial charge in [-0.15, -0.1) is 0 Å². The summed E-state index contributed by atoms with van der Waals surface area (Å²) in [5, 5.41) is 7.00. The van der Waals surface area contributed by atoms with Crippen LogP contribution in [0.2, 0.25) is 0 Å². The van der Waals surface area contributed by atoms with E-state index in [-0.39, 0.29) is 16.9 Å². The van der Waals surface area contributed by atoms with Crippen molar-refractivity contribution in [3.8, 4) is 0 Å². The van der Waals surface area contributed by atoms with E-state index in [1.807, 2.05) is 13.8 Å². The molecule has 1 heterocycles. The largest absolute Gasteiger partial charge is 0.336 e. The molecule has 1 aromatic rings. The lowest BCUT2D eigenvalue weighted by Gasteiger charge is -2.08. The Kier molecular flexibility index (Phi) is 3.70. The Morgan fingerprint density at radius 2 is 2.36 bits per heavy atom. The third kappa shape index (κ3) is 3.61. The molecular weight excluding hydrogens is 202 g/mol.